The Balaban J connectivity index is 1.34. The first-order valence-electron chi connectivity index (χ1n) is 10.5. The SMILES string of the molecule is O=C(Nc1cccc2c1C[C@H](O)CC2)C1CCN(c2ccc(OC(F)(F)F)cc2)CC1. The second-order valence-electron chi connectivity index (χ2n) is 8.13. The van der Waals surface area contributed by atoms with Gasteiger partial charge in [0, 0.05) is 36.8 Å². The summed E-state index contributed by atoms with van der Waals surface area (Å²) in [5.41, 5.74) is 3.78. The fraction of sp³-hybridized carbons (Fsp3) is 0.435. The van der Waals surface area contributed by atoms with E-state index in [0.29, 0.717) is 32.4 Å². The quantitative estimate of drug-likeness (QED) is 0.754. The molecule has 1 saturated heterocycles. The summed E-state index contributed by atoms with van der Waals surface area (Å²) in [6, 6.07) is 11.7. The van der Waals surface area contributed by atoms with Crippen LogP contribution in [0.2, 0.25) is 0 Å². The molecule has 2 aromatic rings. The fourth-order valence-corrected chi connectivity index (χ4v) is 4.38. The second kappa shape index (κ2) is 8.78. The smallest absolute Gasteiger partial charge is 0.406 e. The van der Waals surface area contributed by atoms with Gasteiger partial charge in [-0.2, -0.15) is 0 Å². The maximum absolute atomic E-state index is 12.8. The number of nitrogens with zero attached hydrogens (tertiary/aromatic N) is 1. The number of aryl methyl sites for hydroxylation is 1. The molecular weight excluding hydrogens is 409 g/mol. The van der Waals surface area contributed by atoms with Crippen LogP contribution in [0.25, 0.3) is 0 Å². The number of carbonyl (C=O) groups is 1. The average Bonchev–Trinajstić information content (AvgIpc) is 2.74. The summed E-state index contributed by atoms with van der Waals surface area (Å²) in [6.07, 6.45) is -1.66. The number of carbonyl (C=O) groups excluding carboxylic acids is 1. The molecule has 2 aliphatic rings. The molecular formula is C23H25F3N2O3. The van der Waals surface area contributed by atoms with Gasteiger partial charge < -0.3 is 20.1 Å². The monoisotopic (exact) mass is 434 g/mol. The number of aliphatic hydroxyl groups excluding tert-OH is 1. The van der Waals surface area contributed by atoms with Crippen LogP contribution in [0.4, 0.5) is 24.5 Å². The van der Waals surface area contributed by atoms with E-state index in [-0.39, 0.29) is 23.7 Å². The van der Waals surface area contributed by atoms with Gasteiger partial charge in [-0.25, -0.2) is 0 Å². The van der Waals surface area contributed by atoms with Crippen LogP contribution in [0.1, 0.15) is 30.4 Å². The molecule has 0 spiro atoms. The van der Waals surface area contributed by atoms with Gasteiger partial charge in [0.05, 0.1) is 6.10 Å². The van der Waals surface area contributed by atoms with E-state index in [9.17, 15) is 23.1 Å². The van der Waals surface area contributed by atoms with E-state index in [1.54, 1.807) is 12.1 Å². The number of fused-ring (bicyclic) bond motifs is 1. The predicted octanol–water partition coefficient (Wildman–Crippen LogP) is 4.29. The molecule has 8 heteroatoms. The van der Waals surface area contributed by atoms with Gasteiger partial charge in [0.15, 0.2) is 0 Å². The lowest BCUT2D eigenvalue weighted by Gasteiger charge is -2.33. The minimum Gasteiger partial charge on any atom is -0.406 e. The normalized spacial score (nSPS) is 19.6. The Morgan fingerprint density at radius 3 is 2.45 bits per heavy atom. The van der Waals surface area contributed by atoms with Crippen molar-refractivity contribution in [3.8, 4) is 5.75 Å². The zero-order valence-corrected chi connectivity index (χ0v) is 17.0. The molecule has 166 valence electrons. The third-order valence-electron chi connectivity index (χ3n) is 6.02. The third-order valence-corrected chi connectivity index (χ3v) is 6.02. The summed E-state index contributed by atoms with van der Waals surface area (Å²) < 4.78 is 40.8. The lowest BCUT2D eigenvalue weighted by Crippen LogP contribution is -2.38. The van der Waals surface area contributed by atoms with Gasteiger partial charge in [-0.1, -0.05) is 12.1 Å². The van der Waals surface area contributed by atoms with Crippen molar-refractivity contribution < 1.29 is 27.8 Å². The molecule has 1 atom stereocenters. The van der Waals surface area contributed by atoms with Gasteiger partial charge in [-0.05, 0) is 67.1 Å². The maximum Gasteiger partial charge on any atom is 0.573 e. The molecule has 2 aromatic carbocycles. The van der Waals surface area contributed by atoms with Crippen molar-refractivity contribution in [2.24, 2.45) is 5.92 Å². The third kappa shape index (κ3) is 5.31. The van der Waals surface area contributed by atoms with Crippen LogP contribution in [0, 0.1) is 5.92 Å². The van der Waals surface area contributed by atoms with Gasteiger partial charge in [0.1, 0.15) is 5.75 Å². The lowest BCUT2D eigenvalue weighted by molar-refractivity contribution is -0.274. The Morgan fingerprint density at radius 1 is 1.06 bits per heavy atom. The lowest BCUT2D eigenvalue weighted by atomic mass is 9.88. The maximum atomic E-state index is 12.8. The van der Waals surface area contributed by atoms with E-state index in [0.717, 1.165) is 29.8 Å². The highest BCUT2D eigenvalue weighted by molar-refractivity contribution is 5.93. The molecule has 0 radical (unpaired) electrons. The van der Waals surface area contributed by atoms with Crippen molar-refractivity contribution in [3.63, 3.8) is 0 Å². The van der Waals surface area contributed by atoms with Crippen LogP contribution in [-0.2, 0) is 17.6 Å². The Kier molecular flexibility index (Phi) is 6.09. The standard InChI is InChI=1S/C23H25F3N2O3/c24-23(25,26)31-19-8-5-17(6-9-19)28-12-10-16(11-13-28)22(30)27-21-3-1-2-15-4-7-18(29)14-20(15)21/h1-3,5-6,8-9,16,18,29H,4,7,10-14H2,(H,27,30)/t18-/m1/s1. The summed E-state index contributed by atoms with van der Waals surface area (Å²) in [5.74, 6) is -0.405. The van der Waals surface area contributed by atoms with E-state index < -0.39 is 6.36 Å². The van der Waals surface area contributed by atoms with Gasteiger partial charge in [0.2, 0.25) is 5.91 Å². The molecule has 1 heterocycles. The predicted molar refractivity (Wildman–Crippen MR) is 111 cm³/mol. The van der Waals surface area contributed by atoms with E-state index in [2.05, 4.69) is 15.0 Å². The van der Waals surface area contributed by atoms with Crippen molar-refractivity contribution in [2.45, 2.75) is 44.6 Å². The van der Waals surface area contributed by atoms with Crippen molar-refractivity contribution in [1.82, 2.24) is 0 Å². The van der Waals surface area contributed by atoms with Crippen LogP contribution in [-0.4, -0.2) is 36.6 Å². The number of alkyl halides is 3. The van der Waals surface area contributed by atoms with Gasteiger partial charge in [0.25, 0.3) is 0 Å². The minimum absolute atomic E-state index is 0.0259. The Labute approximate surface area is 178 Å². The first-order valence-corrected chi connectivity index (χ1v) is 10.5. The number of benzene rings is 2. The summed E-state index contributed by atoms with van der Waals surface area (Å²) in [7, 11) is 0. The van der Waals surface area contributed by atoms with E-state index >= 15 is 0 Å². The number of piperidine rings is 1. The number of anilines is 2. The number of ether oxygens (including phenoxy) is 1. The van der Waals surface area contributed by atoms with E-state index in [1.165, 1.54) is 17.7 Å². The second-order valence-corrected chi connectivity index (χ2v) is 8.13. The molecule has 2 N–H and O–H groups in total. The molecule has 0 bridgehead atoms. The van der Waals surface area contributed by atoms with Gasteiger partial charge in [-0.3, -0.25) is 4.79 Å². The van der Waals surface area contributed by atoms with Gasteiger partial charge in [-0.15, -0.1) is 13.2 Å². The minimum atomic E-state index is -4.71. The van der Waals surface area contributed by atoms with Crippen molar-refractivity contribution in [3.05, 3.63) is 53.6 Å². The van der Waals surface area contributed by atoms with Crippen LogP contribution in [0.5, 0.6) is 5.75 Å². The number of nitrogens with one attached hydrogen (secondary N) is 1. The highest BCUT2D eigenvalue weighted by Crippen LogP contribution is 2.31. The van der Waals surface area contributed by atoms with Gasteiger partial charge >= 0.3 is 6.36 Å². The number of rotatable bonds is 4. The molecule has 1 aliphatic heterocycles. The summed E-state index contributed by atoms with van der Waals surface area (Å²) >= 11 is 0. The molecule has 0 aromatic heterocycles. The topological polar surface area (TPSA) is 61.8 Å². The number of hydrogen-bond acceptors (Lipinski definition) is 4. The summed E-state index contributed by atoms with van der Waals surface area (Å²) in [6.45, 7) is 1.28. The van der Waals surface area contributed by atoms with E-state index in [1.807, 2.05) is 18.2 Å². The molecule has 1 aliphatic carbocycles. The zero-order valence-electron chi connectivity index (χ0n) is 17.0. The average molecular weight is 434 g/mol. The highest BCUT2D eigenvalue weighted by Gasteiger charge is 2.31. The Hall–Kier alpha value is -2.74. The molecule has 1 amide bonds. The Bertz CT molecular complexity index is 923. The van der Waals surface area contributed by atoms with Crippen LogP contribution in [0.15, 0.2) is 42.5 Å². The Morgan fingerprint density at radius 2 is 1.77 bits per heavy atom. The van der Waals surface area contributed by atoms with Crippen molar-refractivity contribution in [2.75, 3.05) is 23.3 Å². The van der Waals surface area contributed by atoms with Crippen molar-refractivity contribution >= 4 is 17.3 Å². The van der Waals surface area contributed by atoms with Crippen LogP contribution >= 0.6 is 0 Å². The molecule has 0 saturated carbocycles. The number of halogens is 3. The number of amides is 1. The largest absolute Gasteiger partial charge is 0.573 e. The van der Waals surface area contributed by atoms with Crippen LogP contribution < -0.4 is 15.0 Å². The molecule has 31 heavy (non-hydrogen) atoms. The number of hydrogen-bond donors (Lipinski definition) is 2. The van der Waals surface area contributed by atoms with Crippen molar-refractivity contribution in [1.29, 1.82) is 0 Å². The first-order chi connectivity index (χ1) is 14.8. The molecule has 4 rings (SSSR count). The fourth-order valence-electron chi connectivity index (χ4n) is 4.38. The van der Waals surface area contributed by atoms with E-state index in [4.69, 9.17) is 0 Å². The molecule has 1 fully saturated rings. The molecule has 5 nitrogen and oxygen atoms in total. The molecule has 0 unspecified atom stereocenters. The first kappa shape index (κ1) is 21.5. The highest BCUT2D eigenvalue weighted by atomic mass is 19.4. The zero-order chi connectivity index (χ0) is 22.0. The summed E-state index contributed by atoms with van der Waals surface area (Å²) in [5, 5.41) is 13.0. The van der Waals surface area contributed by atoms with Crippen LogP contribution in [0.3, 0.4) is 0 Å². The number of aliphatic hydroxyl groups is 1. The summed E-state index contributed by atoms with van der Waals surface area (Å²) in [4.78, 5) is 14.9.